The standard InChI is InChI=1S/C22H35N3O4S/c1-23(2)21(26)20-15-24(13-14-25(16-20)30(3,28)29)17-22(27)11-9-19(10-12-22)18-7-5-4-6-8-18/h4-8,19-20,27H,9-17H2,1-3H3/t19?,20-,22?/m1/s1. The van der Waals surface area contributed by atoms with Crippen LogP contribution in [0.3, 0.4) is 0 Å². The highest BCUT2D eigenvalue weighted by molar-refractivity contribution is 7.88. The quantitative estimate of drug-likeness (QED) is 0.752. The third-order valence-corrected chi connectivity index (χ3v) is 7.80. The zero-order valence-corrected chi connectivity index (χ0v) is 19.1. The van der Waals surface area contributed by atoms with Gasteiger partial charge in [-0.15, -0.1) is 0 Å². The van der Waals surface area contributed by atoms with E-state index in [0.717, 1.165) is 12.8 Å². The zero-order chi connectivity index (χ0) is 21.9. The summed E-state index contributed by atoms with van der Waals surface area (Å²) in [7, 11) is 0.0128. The Morgan fingerprint density at radius 3 is 2.33 bits per heavy atom. The molecular weight excluding hydrogens is 402 g/mol. The van der Waals surface area contributed by atoms with Crippen LogP contribution in [0, 0.1) is 5.92 Å². The SMILES string of the molecule is CN(C)C(=O)[C@@H]1CN(CC2(O)CCC(c3ccccc3)CC2)CCN(S(C)(=O)=O)C1. The Balaban J connectivity index is 1.66. The van der Waals surface area contributed by atoms with Crippen LogP contribution in [0.4, 0.5) is 0 Å². The highest BCUT2D eigenvalue weighted by Gasteiger charge is 2.38. The molecule has 1 aromatic rings. The fourth-order valence-corrected chi connectivity index (χ4v) is 5.67. The number of β-amino-alcohol motifs (C(OH)–C–C–N with tert-alkyl or cyclic N) is 1. The van der Waals surface area contributed by atoms with Crippen molar-refractivity contribution < 1.29 is 18.3 Å². The maximum absolute atomic E-state index is 12.7. The summed E-state index contributed by atoms with van der Waals surface area (Å²) in [6, 6.07) is 10.4. The van der Waals surface area contributed by atoms with E-state index in [1.165, 1.54) is 21.0 Å². The van der Waals surface area contributed by atoms with Gasteiger partial charge in [-0.1, -0.05) is 30.3 Å². The number of aliphatic hydroxyl groups is 1. The second-order valence-corrected chi connectivity index (χ2v) is 11.2. The van der Waals surface area contributed by atoms with Gasteiger partial charge in [0.1, 0.15) is 0 Å². The Labute approximate surface area is 180 Å². The van der Waals surface area contributed by atoms with Crippen LogP contribution in [0.2, 0.25) is 0 Å². The number of sulfonamides is 1. The van der Waals surface area contributed by atoms with Gasteiger partial charge in [0.15, 0.2) is 0 Å². The Kier molecular flexibility index (Phi) is 7.22. The molecule has 0 aromatic heterocycles. The second kappa shape index (κ2) is 9.34. The molecule has 1 N–H and O–H groups in total. The maximum atomic E-state index is 12.7. The fourth-order valence-electron chi connectivity index (χ4n) is 4.80. The summed E-state index contributed by atoms with van der Waals surface area (Å²) in [6.07, 6.45) is 4.49. The predicted octanol–water partition coefficient (Wildman–Crippen LogP) is 1.36. The van der Waals surface area contributed by atoms with Crippen molar-refractivity contribution in [3.05, 3.63) is 35.9 Å². The van der Waals surface area contributed by atoms with E-state index < -0.39 is 21.5 Å². The van der Waals surface area contributed by atoms with Crippen LogP contribution in [0.25, 0.3) is 0 Å². The molecule has 7 nitrogen and oxygen atoms in total. The van der Waals surface area contributed by atoms with Gasteiger partial charge < -0.3 is 10.0 Å². The van der Waals surface area contributed by atoms with Crippen molar-refractivity contribution in [2.24, 2.45) is 5.92 Å². The highest BCUT2D eigenvalue weighted by atomic mass is 32.2. The van der Waals surface area contributed by atoms with Crippen LogP contribution < -0.4 is 0 Å². The van der Waals surface area contributed by atoms with Gasteiger partial charge in [0.2, 0.25) is 15.9 Å². The Morgan fingerprint density at radius 1 is 1.13 bits per heavy atom. The van der Waals surface area contributed by atoms with Crippen molar-refractivity contribution in [3.63, 3.8) is 0 Å². The molecule has 1 amide bonds. The molecule has 1 aliphatic heterocycles. The molecule has 2 aliphatic rings. The van der Waals surface area contributed by atoms with Crippen molar-refractivity contribution in [2.75, 3.05) is 53.1 Å². The molecule has 2 fully saturated rings. The lowest BCUT2D eigenvalue weighted by Crippen LogP contribution is -2.48. The lowest BCUT2D eigenvalue weighted by Gasteiger charge is -2.40. The molecule has 3 rings (SSSR count). The fraction of sp³-hybridized carbons (Fsp3) is 0.682. The van der Waals surface area contributed by atoms with Crippen molar-refractivity contribution in [2.45, 2.75) is 37.2 Å². The number of benzene rings is 1. The van der Waals surface area contributed by atoms with E-state index in [9.17, 15) is 18.3 Å². The van der Waals surface area contributed by atoms with Gasteiger partial charge in [0.05, 0.1) is 17.8 Å². The molecular formula is C22H35N3O4S. The monoisotopic (exact) mass is 437 g/mol. The van der Waals surface area contributed by atoms with Gasteiger partial charge in [-0.2, -0.15) is 0 Å². The summed E-state index contributed by atoms with van der Waals surface area (Å²) in [5, 5.41) is 11.3. The van der Waals surface area contributed by atoms with Gasteiger partial charge in [-0.25, -0.2) is 12.7 Å². The van der Waals surface area contributed by atoms with Crippen LogP contribution in [-0.4, -0.2) is 92.2 Å². The number of carbonyl (C=O) groups is 1. The lowest BCUT2D eigenvalue weighted by atomic mass is 9.76. The highest BCUT2D eigenvalue weighted by Crippen LogP contribution is 2.38. The minimum atomic E-state index is -3.38. The maximum Gasteiger partial charge on any atom is 0.227 e. The largest absolute Gasteiger partial charge is 0.389 e. The summed E-state index contributed by atoms with van der Waals surface area (Å²) < 4.78 is 25.7. The summed E-state index contributed by atoms with van der Waals surface area (Å²) >= 11 is 0. The number of nitrogens with zero attached hydrogens (tertiary/aromatic N) is 3. The summed E-state index contributed by atoms with van der Waals surface area (Å²) in [5.41, 5.74) is 0.534. The number of carbonyl (C=O) groups excluding carboxylic acids is 1. The average Bonchev–Trinajstić information content (AvgIpc) is 2.91. The molecule has 0 bridgehead atoms. The first kappa shape index (κ1) is 23.2. The van der Waals surface area contributed by atoms with Crippen molar-refractivity contribution in [1.82, 2.24) is 14.1 Å². The average molecular weight is 438 g/mol. The van der Waals surface area contributed by atoms with E-state index in [1.807, 2.05) is 6.07 Å². The number of hydrogen-bond acceptors (Lipinski definition) is 5. The first-order chi connectivity index (χ1) is 14.1. The van der Waals surface area contributed by atoms with Crippen LogP contribution in [0.1, 0.15) is 37.2 Å². The summed E-state index contributed by atoms with van der Waals surface area (Å²) in [4.78, 5) is 16.3. The molecule has 1 aromatic carbocycles. The van der Waals surface area contributed by atoms with Crippen LogP contribution >= 0.6 is 0 Å². The first-order valence-electron chi connectivity index (χ1n) is 10.7. The molecule has 168 valence electrons. The predicted molar refractivity (Wildman–Crippen MR) is 118 cm³/mol. The molecule has 0 spiro atoms. The number of amides is 1. The molecule has 1 aliphatic carbocycles. The van der Waals surface area contributed by atoms with E-state index in [1.54, 1.807) is 14.1 Å². The molecule has 30 heavy (non-hydrogen) atoms. The van der Waals surface area contributed by atoms with E-state index in [4.69, 9.17) is 0 Å². The van der Waals surface area contributed by atoms with Gasteiger partial charge in [0.25, 0.3) is 0 Å². The topological polar surface area (TPSA) is 81.2 Å². The second-order valence-electron chi connectivity index (χ2n) is 9.20. The first-order valence-corrected chi connectivity index (χ1v) is 12.6. The minimum absolute atomic E-state index is 0.0738. The summed E-state index contributed by atoms with van der Waals surface area (Å²) in [5.74, 6) is -0.0313. The zero-order valence-electron chi connectivity index (χ0n) is 18.3. The van der Waals surface area contributed by atoms with E-state index in [2.05, 4.69) is 29.2 Å². The van der Waals surface area contributed by atoms with Crippen LogP contribution in [0.5, 0.6) is 0 Å². The molecule has 1 saturated carbocycles. The molecule has 0 unspecified atom stereocenters. The van der Waals surface area contributed by atoms with Crippen molar-refractivity contribution in [1.29, 1.82) is 0 Å². The van der Waals surface area contributed by atoms with E-state index >= 15 is 0 Å². The minimum Gasteiger partial charge on any atom is -0.389 e. The Morgan fingerprint density at radius 2 is 1.77 bits per heavy atom. The molecule has 1 saturated heterocycles. The van der Waals surface area contributed by atoms with Crippen LogP contribution in [-0.2, 0) is 14.8 Å². The third kappa shape index (κ3) is 5.81. The molecule has 1 heterocycles. The van der Waals surface area contributed by atoms with Gasteiger partial charge in [-0.05, 0) is 37.2 Å². The van der Waals surface area contributed by atoms with Gasteiger partial charge in [-0.3, -0.25) is 9.69 Å². The summed E-state index contributed by atoms with van der Waals surface area (Å²) in [6.45, 7) is 2.01. The van der Waals surface area contributed by atoms with Crippen molar-refractivity contribution >= 4 is 15.9 Å². The molecule has 8 heteroatoms. The number of hydrogen-bond donors (Lipinski definition) is 1. The van der Waals surface area contributed by atoms with Gasteiger partial charge >= 0.3 is 0 Å². The normalized spacial score (nSPS) is 29.3. The van der Waals surface area contributed by atoms with E-state index in [0.29, 0.717) is 44.9 Å². The van der Waals surface area contributed by atoms with Crippen LogP contribution in [0.15, 0.2) is 30.3 Å². The smallest absolute Gasteiger partial charge is 0.227 e. The van der Waals surface area contributed by atoms with Crippen molar-refractivity contribution in [3.8, 4) is 0 Å². The number of rotatable bonds is 5. The van der Waals surface area contributed by atoms with Gasteiger partial charge in [0, 0.05) is 46.8 Å². The molecule has 1 atom stereocenters. The Bertz CT molecular complexity index is 820. The lowest BCUT2D eigenvalue weighted by molar-refractivity contribution is -0.133. The molecule has 0 radical (unpaired) electrons. The third-order valence-electron chi connectivity index (χ3n) is 6.53. The Hall–Kier alpha value is -1.48. The van der Waals surface area contributed by atoms with E-state index in [-0.39, 0.29) is 12.5 Å².